The van der Waals surface area contributed by atoms with Crippen LogP contribution in [0.3, 0.4) is 0 Å². The van der Waals surface area contributed by atoms with Gasteiger partial charge in [0.05, 0.1) is 0 Å². The van der Waals surface area contributed by atoms with Gasteiger partial charge in [0, 0.05) is 18.5 Å². The first-order valence-corrected chi connectivity index (χ1v) is 5.82. The van der Waals surface area contributed by atoms with Crippen molar-refractivity contribution in [2.75, 3.05) is 0 Å². The Labute approximate surface area is 95.1 Å². The van der Waals surface area contributed by atoms with E-state index < -0.39 is 0 Å². The average Bonchev–Trinajstić information content (AvgIpc) is 2.73. The SMILES string of the molecule is CC1CCn2nc(-c3ccccc3)nc2C1. The van der Waals surface area contributed by atoms with Gasteiger partial charge in [-0.3, -0.25) is 0 Å². The molecule has 1 aliphatic heterocycles. The molecule has 0 bridgehead atoms. The third-order valence-electron chi connectivity index (χ3n) is 3.15. The van der Waals surface area contributed by atoms with Crippen LogP contribution in [0.1, 0.15) is 19.2 Å². The first-order valence-electron chi connectivity index (χ1n) is 5.82. The maximum Gasteiger partial charge on any atom is 0.181 e. The molecule has 0 radical (unpaired) electrons. The minimum Gasteiger partial charge on any atom is -0.249 e. The lowest BCUT2D eigenvalue weighted by Crippen LogP contribution is -2.18. The number of nitrogens with zero attached hydrogens (tertiary/aromatic N) is 3. The van der Waals surface area contributed by atoms with Crippen molar-refractivity contribution in [3.05, 3.63) is 36.2 Å². The van der Waals surface area contributed by atoms with Crippen molar-refractivity contribution in [3.8, 4) is 11.4 Å². The highest BCUT2D eigenvalue weighted by Crippen LogP contribution is 2.21. The lowest BCUT2D eigenvalue weighted by molar-refractivity contribution is 0.386. The van der Waals surface area contributed by atoms with Crippen LogP contribution in [-0.4, -0.2) is 14.8 Å². The van der Waals surface area contributed by atoms with E-state index in [1.807, 2.05) is 18.2 Å². The summed E-state index contributed by atoms with van der Waals surface area (Å²) < 4.78 is 2.06. The van der Waals surface area contributed by atoms with Gasteiger partial charge in [0.1, 0.15) is 5.82 Å². The zero-order valence-corrected chi connectivity index (χ0v) is 9.43. The maximum atomic E-state index is 4.62. The molecule has 2 aromatic rings. The second-order valence-electron chi connectivity index (χ2n) is 4.54. The van der Waals surface area contributed by atoms with Gasteiger partial charge in [0.25, 0.3) is 0 Å². The van der Waals surface area contributed by atoms with E-state index in [4.69, 9.17) is 0 Å². The lowest BCUT2D eigenvalue weighted by atomic mass is 10.0. The Balaban J connectivity index is 1.99. The minimum atomic E-state index is 0.736. The van der Waals surface area contributed by atoms with Crippen LogP contribution in [-0.2, 0) is 13.0 Å². The van der Waals surface area contributed by atoms with Crippen LogP contribution in [0.25, 0.3) is 11.4 Å². The van der Waals surface area contributed by atoms with Gasteiger partial charge in [-0.1, -0.05) is 37.3 Å². The second-order valence-corrected chi connectivity index (χ2v) is 4.54. The van der Waals surface area contributed by atoms with Crippen molar-refractivity contribution in [1.82, 2.24) is 14.8 Å². The van der Waals surface area contributed by atoms with Gasteiger partial charge in [0.15, 0.2) is 5.82 Å². The topological polar surface area (TPSA) is 30.7 Å². The predicted molar refractivity (Wildman–Crippen MR) is 62.9 cm³/mol. The Morgan fingerprint density at radius 2 is 2.06 bits per heavy atom. The van der Waals surface area contributed by atoms with Crippen LogP contribution in [0, 0.1) is 5.92 Å². The molecule has 0 saturated carbocycles. The molecule has 1 aliphatic rings. The van der Waals surface area contributed by atoms with Gasteiger partial charge in [-0.15, -0.1) is 0 Å². The van der Waals surface area contributed by atoms with Gasteiger partial charge in [0.2, 0.25) is 0 Å². The minimum absolute atomic E-state index is 0.736. The summed E-state index contributed by atoms with van der Waals surface area (Å²) in [6.07, 6.45) is 2.27. The van der Waals surface area contributed by atoms with Crippen molar-refractivity contribution in [2.24, 2.45) is 5.92 Å². The highest BCUT2D eigenvalue weighted by molar-refractivity contribution is 5.54. The maximum absolute atomic E-state index is 4.62. The zero-order chi connectivity index (χ0) is 11.0. The largest absolute Gasteiger partial charge is 0.249 e. The van der Waals surface area contributed by atoms with E-state index >= 15 is 0 Å². The third kappa shape index (κ3) is 1.62. The van der Waals surface area contributed by atoms with Crippen LogP contribution in [0.4, 0.5) is 0 Å². The molecule has 2 heterocycles. The second kappa shape index (κ2) is 3.74. The number of hydrogen-bond donors (Lipinski definition) is 0. The number of aryl methyl sites for hydroxylation is 1. The first kappa shape index (κ1) is 9.58. The molecule has 0 fully saturated rings. The molecule has 3 rings (SSSR count). The van der Waals surface area contributed by atoms with Crippen LogP contribution in [0.2, 0.25) is 0 Å². The first-order chi connectivity index (χ1) is 7.83. The highest BCUT2D eigenvalue weighted by Gasteiger charge is 2.18. The molecule has 0 spiro atoms. The normalized spacial score (nSPS) is 19.4. The summed E-state index contributed by atoms with van der Waals surface area (Å²) in [6, 6.07) is 10.2. The summed E-state index contributed by atoms with van der Waals surface area (Å²) in [5, 5.41) is 4.56. The van der Waals surface area contributed by atoms with Gasteiger partial charge < -0.3 is 0 Å². The number of aromatic nitrogens is 3. The molecule has 16 heavy (non-hydrogen) atoms. The fourth-order valence-corrected chi connectivity index (χ4v) is 2.17. The summed E-state index contributed by atoms with van der Waals surface area (Å²) in [6.45, 7) is 3.29. The van der Waals surface area contributed by atoms with Gasteiger partial charge in [-0.2, -0.15) is 5.10 Å². The Kier molecular flexibility index (Phi) is 2.24. The van der Waals surface area contributed by atoms with Crippen molar-refractivity contribution in [1.29, 1.82) is 0 Å². The highest BCUT2D eigenvalue weighted by atomic mass is 15.3. The molecular formula is C13H15N3. The quantitative estimate of drug-likeness (QED) is 0.728. The monoisotopic (exact) mass is 213 g/mol. The number of hydrogen-bond acceptors (Lipinski definition) is 2. The molecule has 3 heteroatoms. The molecule has 0 N–H and O–H groups in total. The molecule has 82 valence electrons. The molecule has 0 amide bonds. The van der Waals surface area contributed by atoms with E-state index in [0.29, 0.717) is 0 Å². The van der Waals surface area contributed by atoms with E-state index in [1.165, 1.54) is 6.42 Å². The Morgan fingerprint density at radius 3 is 2.88 bits per heavy atom. The Morgan fingerprint density at radius 1 is 1.25 bits per heavy atom. The fraction of sp³-hybridized carbons (Fsp3) is 0.385. The van der Waals surface area contributed by atoms with Gasteiger partial charge in [-0.25, -0.2) is 9.67 Å². The Bertz CT molecular complexity index is 487. The van der Waals surface area contributed by atoms with Gasteiger partial charge in [-0.05, 0) is 12.3 Å². The summed E-state index contributed by atoms with van der Waals surface area (Å²) in [5.74, 6) is 2.74. The molecule has 1 aromatic carbocycles. The van der Waals surface area contributed by atoms with Crippen LogP contribution in [0.15, 0.2) is 30.3 Å². The van der Waals surface area contributed by atoms with Crippen LogP contribution >= 0.6 is 0 Å². The van der Waals surface area contributed by atoms with Crippen molar-refractivity contribution in [3.63, 3.8) is 0 Å². The standard InChI is InChI=1S/C13H15N3/c1-10-7-8-16-12(9-10)14-13(15-16)11-5-3-2-4-6-11/h2-6,10H,7-9H2,1H3. The smallest absolute Gasteiger partial charge is 0.181 e. The van der Waals surface area contributed by atoms with Crippen molar-refractivity contribution >= 4 is 0 Å². The molecule has 1 aromatic heterocycles. The zero-order valence-electron chi connectivity index (χ0n) is 9.43. The molecule has 0 aliphatic carbocycles. The van der Waals surface area contributed by atoms with E-state index in [0.717, 1.165) is 36.1 Å². The molecule has 3 nitrogen and oxygen atoms in total. The summed E-state index contributed by atoms with van der Waals surface area (Å²) >= 11 is 0. The van der Waals surface area contributed by atoms with Crippen LogP contribution in [0.5, 0.6) is 0 Å². The van der Waals surface area contributed by atoms with Gasteiger partial charge >= 0.3 is 0 Å². The third-order valence-corrected chi connectivity index (χ3v) is 3.15. The molecular weight excluding hydrogens is 198 g/mol. The van der Waals surface area contributed by atoms with Crippen LogP contribution < -0.4 is 0 Å². The molecule has 1 unspecified atom stereocenters. The predicted octanol–water partition coefficient (Wildman–Crippen LogP) is 2.53. The summed E-state index contributed by atoms with van der Waals surface area (Å²) in [4.78, 5) is 4.62. The van der Waals surface area contributed by atoms with E-state index in [-0.39, 0.29) is 0 Å². The lowest BCUT2D eigenvalue weighted by Gasteiger charge is -2.17. The van der Waals surface area contributed by atoms with E-state index in [1.54, 1.807) is 0 Å². The van der Waals surface area contributed by atoms with E-state index in [9.17, 15) is 0 Å². The van der Waals surface area contributed by atoms with E-state index in [2.05, 4.69) is 33.8 Å². The summed E-state index contributed by atoms with van der Waals surface area (Å²) in [5.41, 5.74) is 1.11. The fourth-order valence-electron chi connectivity index (χ4n) is 2.17. The molecule has 1 atom stereocenters. The van der Waals surface area contributed by atoms with Crippen molar-refractivity contribution in [2.45, 2.75) is 26.3 Å². The number of benzene rings is 1. The summed E-state index contributed by atoms with van der Waals surface area (Å²) in [7, 11) is 0. The van der Waals surface area contributed by atoms with Crippen molar-refractivity contribution < 1.29 is 0 Å². The average molecular weight is 213 g/mol. The molecule has 0 saturated heterocycles. The Hall–Kier alpha value is -1.64. The number of fused-ring (bicyclic) bond motifs is 1. The number of rotatable bonds is 1.